The van der Waals surface area contributed by atoms with Crippen LogP contribution in [0.2, 0.25) is 0 Å². The molecule has 4 heteroatoms. The number of carbonyl (C=O) groups is 2. The molecular weight excluding hydrogens is 280 g/mol. The van der Waals surface area contributed by atoms with E-state index in [0.29, 0.717) is 11.1 Å². The molecule has 0 fully saturated rings. The molecule has 0 amide bonds. The van der Waals surface area contributed by atoms with Crippen LogP contribution in [-0.2, 0) is 19.1 Å². The largest absolute Gasteiger partial charge is 0.469 e. The van der Waals surface area contributed by atoms with E-state index in [9.17, 15) is 9.59 Å². The molecular formula is C18H18O4. The second-order valence-corrected chi connectivity index (χ2v) is 4.82. The molecule has 4 nitrogen and oxygen atoms in total. The molecule has 114 valence electrons. The predicted molar refractivity (Wildman–Crippen MR) is 82.4 cm³/mol. The van der Waals surface area contributed by atoms with Gasteiger partial charge in [0.15, 0.2) is 0 Å². The highest BCUT2D eigenvalue weighted by Gasteiger charge is 2.37. The first-order chi connectivity index (χ1) is 10.7. The molecule has 0 aliphatic rings. The summed E-state index contributed by atoms with van der Waals surface area (Å²) in [6.45, 7) is 0. The van der Waals surface area contributed by atoms with Gasteiger partial charge in [0.1, 0.15) is 0 Å². The van der Waals surface area contributed by atoms with Crippen LogP contribution in [0.1, 0.15) is 23.0 Å². The highest BCUT2D eigenvalue weighted by Crippen LogP contribution is 2.35. The molecule has 22 heavy (non-hydrogen) atoms. The van der Waals surface area contributed by atoms with Crippen LogP contribution in [0.3, 0.4) is 0 Å². The number of rotatable bonds is 5. The summed E-state index contributed by atoms with van der Waals surface area (Å²) in [5.74, 6) is -2.43. The van der Waals surface area contributed by atoms with Crippen molar-refractivity contribution in [1.29, 1.82) is 0 Å². The van der Waals surface area contributed by atoms with Gasteiger partial charge in [-0.2, -0.15) is 0 Å². The van der Waals surface area contributed by atoms with Gasteiger partial charge >= 0.3 is 11.9 Å². The van der Waals surface area contributed by atoms with Crippen molar-refractivity contribution >= 4 is 11.9 Å². The first-order valence-corrected chi connectivity index (χ1v) is 6.94. The molecule has 2 atom stereocenters. The predicted octanol–water partition coefficient (Wildman–Crippen LogP) is 2.90. The molecule has 0 spiro atoms. The van der Waals surface area contributed by atoms with E-state index in [2.05, 4.69) is 0 Å². The molecule has 0 aromatic heterocycles. The fourth-order valence-electron chi connectivity index (χ4n) is 2.50. The first kappa shape index (κ1) is 15.8. The Labute approximate surface area is 129 Å². The van der Waals surface area contributed by atoms with Crippen LogP contribution in [0, 0.1) is 0 Å². The molecule has 0 heterocycles. The molecule has 0 aliphatic carbocycles. The maximum Gasteiger partial charge on any atom is 0.314 e. The number of esters is 2. The summed E-state index contributed by atoms with van der Waals surface area (Å²) < 4.78 is 9.83. The van der Waals surface area contributed by atoms with E-state index in [1.807, 2.05) is 36.4 Å². The number of ether oxygens (including phenoxy) is 2. The second-order valence-electron chi connectivity index (χ2n) is 4.82. The third-order valence-electron chi connectivity index (χ3n) is 3.56. The molecule has 0 bridgehead atoms. The van der Waals surface area contributed by atoms with Crippen LogP contribution in [0.4, 0.5) is 0 Å². The summed E-state index contributed by atoms with van der Waals surface area (Å²) >= 11 is 0. The fraction of sp³-hybridized carbons (Fsp3) is 0.222. The monoisotopic (exact) mass is 298 g/mol. The van der Waals surface area contributed by atoms with E-state index in [1.165, 1.54) is 14.2 Å². The van der Waals surface area contributed by atoms with Crippen molar-refractivity contribution in [2.24, 2.45) is 0 Å². The zero-order valence-corrected chi connectivity index (χ0v) is 12.6. The summed E-state index contributed by atoms with van der Waals surface area (Å²) in [7, 11) is 2.63. The lowest BCUT2D eigenvalue weighted by atomic mass is 9.81. The van der Waals surface area contributed by atoms with Crippen LogP contribution in [0.5, 0.6) is 0 Å². The molecule has 0 saturated heterocycles. The standard InChI is InChI=1S/C18H18O4/c1-21-17(19)15(13-9-5-3-6-10-13)16(18(20)22-2)14-11-7-4-8-12-14/h3-12,15-16H,1-2H3/t15-,16-/m1/s1. The zero-order chi connectivity index (χ0) is 15.9. The number of hydrogen-bond acceptors (Lipinski definition) is 4. The van der Waals surface area contributed by atoms with Crippen LogP contribution < -0.4 is 0 Å². The highest BCUT2D eigenvalue weighted by molar-refractivity contribution is 5.90. The van der Waals surface area contributed by atoms with E-state index < -0.39 is 23.8 Å². The van der Waals surface area contributed by atoms with Crippen molar-refractivity contribution in [2.45, 2.75) is 11.8 Å². The average Bonchev–Trinajstić information content (AvgIpc) is 2.59. The maximum absolute atomic E-state index is 12.3. The van der Waals surface area contributed by atoms with Crippen LogP contribution in [0.15, 0.2) is 60.7 Å². The number of carbonyl (C=O) groups excluding carboxylic acids is 2. The normalized spacial score (nSPS) is 13.0. The Morgan fingerprint density at radius 1 is 0.682 bits per heavy atom. The van der Waals surface area contributed by atoms with Gasteiger partial charge in [-0.25, -0.2) is 0 Å². The molecule has 0 N–H and O–H groups in total. The summed E-state index contributed by atoms with van der Waals surface area (Å²) in [5.41, 5.74) is 1.43. The van der Waals surface area contributed by atoms with E-state index in [1.54, 1.807) is 24.3 Å². The molecule has 2 aromatic carbocycles. The molecule has 2 aromatic rings. The Bertz CT molecular complexity index is 565. The summed E-state index contributed by atoms with van der Waals surface area (Å²) in [5, 5.41) is 0. The fourth-order valence-corrected chi connectivity index (χ4v) is 2.50. The van der Waals surface area contributed by atoms with Crippen molar-refractivity contribution in [1.82, 2.24) is 0 Å². The smallest absolute Gasteiger partial charge is 0.314 e. The van der Waals surface area contributed by atoms with Gasteiger partial charge in [0, 0.05) is 0 Å². The topological polar surface area (TPSA) is 52.6 Å². The summed E-state index contributed by atoms with van der Waals surface area (Å²) in [6, 6.07) is 18.2. The van der Waals surface area contributed by atoms with Gasteiger partial charge in [-0.1, -0.05) is 60.7 Å². The Kier molecular flexibility index (Phi) is 5.31. The minimum Gasteiger partial charge on any atom is -0.469 e. The first-order valence-electron chi connectivity index (χ1n) is 6.94. The van der Waals surface area contributed by atoms with Crippen LogP contribution >= 0.6 is 0 Å². The van der Waals surface area contributed by atoms with E-state index in [4.69, 9.17) is 9.47 Å². The minimum atomic E-state index is -0.749. The van der Waals surface area contributed by atoms with Crippen molar-refractivity contribution in [2.75, 3.05) is 14.2 Å². The molecule has 0 radical (unpaired) electrons. The van der Waals surface area contributed by atoms with Crippen molar-refractivity contribution in [3.05, 3.63) is 71.8 Å². The number of hydrogen-bond donors (Lipinski definition) is 0. The lowest BCUT2D eigenvalue weighted by Gasteiger charge is -2.24. The summed E-state index contributed by atoms with van der Waals surface area (Å²) in [6.07, 6.45) is 0. The van der Waals surface area contributed by atoms with Crippen molar-refractivity contribution < 1.29 is 19.1 Å². The third kappa shape index (κ3) is 3.34. The molecule has 0 aliphatic heterocycles. The molecule has 2 rings (SSSR count). The lowest BCUT2D eigenvalue weighted by Crippen LogP contribution is -2.28. The number of benzene rings is 2. The van der Waals surface area contributed by atoms with Gasteiger partial charge in [0.2, 0.25) is 0 Å². The zero-order valence-electron chi connectivity index (χ0n) is 12.6. The second kappa shape index (κ2) is 7.41. The van der Waals surface area contributed by atoms with Crippen LogP contribution in [-0.4, -0.2) is 26.2 Å². The Balaban J connectivity index is 2.54. The van der Waals surface area contributed by atoms with Gasteiger partial charge in [-0.05, 0) is 11.1 Å². The van der Waals surface area contributed by atoms with Crippen molar-refractivity contribution in [3.63, 3.8) is 0 Å². The van der Waals surface area contributed by atoms with Crippen LogP contribution in [0.25, 0.3) is 0 Å². The van der Waals surface area contributed by atoms with Gasteiger partial charge in [-0.3, -0.25) is 9.59 Å². The van der Waals surface area contributed by atoms with Gasteiger partial charge < -0.3 is 9.47 Å². The minimum absolute atomic E-state index is 0.467. The van der Waals surface area contributed by atoms with Gasteiger partial charge in [-0.15, -0.1) is 0 Å². The maximum atomic E-state index is 12.3. The Morgan fingerprint density at radius 3 is 1.27 bits per heavy atom. The Morgan fingerprint density at radius 2 is 1.00 bits per heavy atom. The quantitative estimate of drug-likeness (QED) is 0.796. The molecule has 0 saturated carbocycles. The van der Waals surface area contributed by atoms with E-state index in [-0.39, 0.29) is 0 Å². The van der Waals surface area contributed by atoms with Gasteiger partial charge in [0.05, 0.1) is 26.1 Å². The van der Waals surface area contributed by atoms with Crippen molar-refractivity contribution in [3.8, 4) is 0 Å². The lowest BCUT2D eigenvalue weighted by molar-refractivity contribution is -0.150. The average molecular weight is 298 g/mol. The highest BCUT2D eigenvalue weighted by atomic mass is 16.5. The SMILES string of the molecule is COC(=O)[C@H](c1ccccc1)[C@H](C(=O)OC)c1ccccc1. The molecule has 0 unspecified atom stereocenters. The Hall–Kier alpha value is -2.62. The third-order valence-corrected chi connectivity index (χ3v) is 3.56. The van der Waals surface area contributed by atoms with Gasteiger partial charge in [0.25, 0.3) is 0 Å². The van der Waals surface area contributed by atoms with E-state index in [0.717, 1.165) is 0 Å². The summed E-state index contributed by atoms with van der Waals surface area (Å²) in [4.78, 5) is 24.6. The number of methoxy groups -OCH3 is 2. The van der Waals surface area contributed by atoms with E-state index >= 15 is 0 Å².